The minimum Gasteiger partial charge on any atom is -0.455 e. The van der Waals surface area contributed by atoms with Crippen LogP contribution in [0.1, 0.15) is 329 Å². The molecule has 0 aromatic rings. The molecule has 0 aromatic carbocycles. The number of Topliss-reactive ketones (excluding diaryl/α,β-unsaturated/α-hetero) is 1. The predicted molar refractivity (Wildman–Crippen MR) is 270 cm³/mol. The molecule has 0 aromatic heterocycles. The Bertz CT molecular complexity index is 951. The van der Waals surface area contributed by atoms with E-state index in [0.29, 0.717) is 0 Å². The van der Waals surface area contributed by atoms with Crippen LogP contribution in [0.2, 0.25) is 0 Å². The van der Waals surface area contributed by atoms with Gasteiger partial charge in [0.15, 0.2) is 18.0 Å². The first-order chi connectivity index (χ1) is 31.0. The number of rotatable bonds is 53. The van der Waals surface area contributed by atoms with E-state index < -0.39 is 30.8 Å². The molecule has 1 unspecified atom stereocenters. The molecule has 0 radical (unpaired) electrons. The fraction of sp³-hybridized carbons (Fsp3) is 0.947. The van der Waals surface area contributed by atoms with E-state index in [1.165, 1.54) is 231 Å². The van der Waals surface area contributed by atoms with Gasteiger partial charge in [-0.05, 0) is 19.3 Å². The number of ether oxygens (including phenoxy) is 2. The topological polar surface area (TPSA) is 89.9 Å². The minimum atomic E-state index is -1.24. The monoisotopic (exact) mass is 891 g/mol. The van der Waals surface area contributed by atoms with Crippen molar-refractivity contribution in [2.45, 2.75) is 341 Å². The second-order valence-electron chi connectivity index (χ2n) is 19.7. The van der Waals surface area contributed by atoms with E-state index in [4.69, 9.17) is 9.47 Å². The van der Waals surface area contributed by atoms with Crippen LogP contribution >= 0.6 is 0 Å². The zero-order chi connectivity index (χ0) is 45.9. The molecule has 0 rings (SSSR count). The number of esters is 2. The molecule has 0 heterocycles. The fourth-order valence-electron chi connectivity index (χ4n) is 9.07. The molecule has 0 spiro atoms. The number of hydrogen-bond acceptors (Lipinski definition) is 6. The van der Waals surface area contributed by atoms with Crippen LogP contribution in [0.5, 0.6) is 0 Å². The first kappa shape index (κ1) is 61.6. The fourth-order valence-corrected chi connectivity index (χ4v) is 9.07. The van der Waals surface area contributed by atoms with Gasteiger partial charge in [-0.3, -0.25) is 14.4 Å². The highest BCUT2D eigenvalue weighted by Crippen LogP contribution is 2.19. The van der Waals surface area contributed by atoms with Crippen molar-refractivity contribution in [3.05, 3.63) is 0 Å². The van der Waals surface area contributed by atoms with Crippen molar-refractivity contribution >= 4 is 17.7 Å². The number of carbonyl (C=O) groups excluding carboxylic acids is 3. The Balaban J connectivity index is 4.55. The summed E-state index contributed by atoms with van der Waals surface area (Å²) in [7, 11) is 0. The third kappa shape index (κ3) is 45.5. The van der Waals surface area contributed by atoms with E-state index in [-0.39, 0.29) is 25.0 Å². The minimum absolute atomic E-state index is 0.242. The van der Waals surface area contributed by atoms with Crippen LogP contribution in [0.3, 0.4) is 0 Å². The van der Waals surface area contributed by atoms with Gasteiger partial charge in [-0.15, -0.1) is 0 Å². The van der Waals surface area contributed by atoms with E-state index >= 15 is 0 Å². The number of unbranched alkanes of at least 4 members (excludes halogenated alkanes) is 42. The molecule has 1 N–H and O–H groups in total. The molecule has 0 bridgehead atoms. The summed E-state index contributed by atoms with van der Waals surface area (Å²) in [4.78, 5) is 39.5. The first-order valence-electron chi connectivity index (χ1n) is 28.5. The highest BCUT2D eigenvalue weighted by molar-refractivity contribution is 5.86. The summed E-state index contributed by atoms with van der Waals surface area (Å²) < 4.78 is 11.4. The molecule has 6 heteroatoms. The van der Waals surface area contributed by atoms with Gasteiger partial charge in [0.25, 0.3) is 0 Å². The summed E-state index contributed by atoms with van der Waals surface area (Å²) in [5, 5.41) is 10.3. The summed E-state index contributed by atoms with van der Waals surface area (Å²) in [5.74, 6) is -1.10. The standard InChI is InChI=1S/C57H110O6/c1-4-7-10-13-16-19-22-25-28-31-34-37-40-43-46-49-53(59)57(63-56(61)51-48-45-42-39-36-33-30-27-24-21-18-15-12-9-6-3)54(52-58)62-55(60)50-47-44-41-38-35-32-29-26-23-20-17-14-11-8-5-2/h54,57-58H,4-52H2,1-3H3/t54-,57?/m0/s1. The maximum atomic E-state index is 13.5. The van der Waals surface area contributed by atoms with E-state index in [1.54, 1.807) is 0 Å². The number of hydrogen-bond donors (Lipinski definition) is 1. The van der Waals surface area contributed by atoms with Gasteiger partial charge >= 0.3 is 11.9 Å². The van der Waals surface area contributed by atoms with Crippen molar-refractivity contribution in [1.82, 2.24) is 0 Å². The molecule has 0 amide bonds. The smallest absolute Gasteiger partial charge is 0.306 e. The Labute approximate surface area is 393 Å². The van der Waals surface area contributed by atoms with Crippen molar-refractivity contribution in [3.63, 3.8) is 0 Å². The molecular formula is C57H110O6. The van der Waals surface area contributed by atoms with E-state index in [9.17, 15) is 19.5 Å². The highest BCUT2D eigenvalue weighted by Gasteiger charge is 2.34. The van der Waals surface area contributed by atoms with Crippen LogP contribution in [0.25, 0.3) is 0 Å². The first-order valence-corrected chi connectivity index (χ1v) is 28.5. The molecular weight excluding hydrogens is 781 g/mol. The summed E-state index contributed by atoms with van der Waals surface area (Å²) in [6, 6.07) is 0. The molecule has 0 fully saturated rings. The Morgan fingerprint density at radius 2 is 0.508 bits per heavy atom. The van der Waals surface area contributed by atoms with E-state index in [2.05, 4.69) is 20.8 Å². The molecule has 0 aliphatic heterocycles. The molecule has 0 aliphatic rings. The molecule has 63 heavy (non-hydrogen) atoms. The van der Waals surface area contributed by atoms with Crippen LogP contribution in [0.4, 0.5) is 0 Å². The number of aliphatic hydroxyl groups excluding tert-OH is 1. The van der Waals surface area contributed by atoms with Crippen LogP contribution in [-0.2, 0) is 23.9 Å². The molecule has 6 nitrogen and oxygen atoms in total. The van der Waals surface area contributed by atoms with Crippen LogP contribution in [0, 0.1) is 0 Å². The largest absolute Gasteiger partial charge is 0.455 e. The van der Waals surface area contributed by atoms with E-state index in [1.807, 2.05) is 0 Å². The number of ketones is 1. The van der Waals surface area contributed by atoms with Crippen LogP contribution in [-0.4, -0.2) is 41.6 Å². The zero-order valence-corrected chi connectivity index (χ0v) is 42.8. The lowest BCUT2D eigenvalue weighted by Crippen LogP contribution is -2.43. The van der Waals surface area contributed by atoms with Gasteiger partial charge < -0.3 is 14.6 Å². The van der Waals surface area contributed by atoms with Crippen LogP contribution < -0.4 is 0 Å². The molecule has 0 saturated carbocycles. The van der Waals surface area contributed by atoms with Gasteiger partial charge in [-0.25, -0.2) is 0 Å². The molecule has 0 saturated heterocycles. The maximum Gasteiger partial charge on any atom is 0.306 e. The summed E-state index contributed by atoms with van der Waals surface area (Å²) in [6.45, 7) is 6.28. The van der Waals surface area contributed by atoms with Gasteiger partial charge in [0.05, 0.1) is 6.61 Å². The Hall–Kier alpha value is -1.43. The SMILES string of the molecule is CCCCCCCCCCCCCCCCCC(=O)OC(C(=O)CCCCCCCCCCCCCCCCC)[C@H](CO)OC(=O)CCCCCCCCCCCCCCCCC. The normalized spacial score (nSPS) is 12.4. The van der Waals surface area contributed by atoms with Crippen molar-refractivity contribution in [2.75, 3.05) is 6.61 Å². The Morgan fingerprint density at radius 3 is 0.746 bits per heavy atom. The third-order valence-electron chi connectivity index (χ3n) is 13.4. The summed E-state index contributed by atoms with van der Waals surface area (Å²) in [5.41, 5.74) is 0. The molecule has 374 valence electrons. The van der Waals surface area contributed by atoms with Gasteiger partial charge in [0.1, 0.15) is 0 Å². The summed E-state index contributed by atoms with van der Waals surface area (Å²) in [6.07, 6.45) is 54.7. The maximum absolute atomic E-state index is 13.5. The average molecular weight is 892 g/mol. The lowest BCUT2D eigenvalue weighted by atomic mass is 10.0. The summed E-state index contributed by atoms with van der Waals surface area (Å²) >= 11 is 0. The van der Waals surface area contributed by atoms with Crippen molar-refractivity contribution in [1.29, 1.82) is 0 Å². The van der Waals surface area contributed by atoms with Crippen molar-refractivity contribution in [2.24, 2.45) is 0 Å². The van der Waals surface area contributed by atoms with Gasteiger partial charge in [0, 0.05) is 19.3 Å². The average Bonchev–Trinajstić information content (AvgIpc) is 3.28. The predicted octanol–water partition coefficient (Wildman–Crippen LogP) is 18.2. The van der Waals surface area contributed by atoms with Gasteiger partial charge in [-0.1, -0.05) is 290 Å². The lowest BCUT2D eigenvalue weighted by Gasteiger charge is -2.25. The van der Waals surface area contributed by atoms with E-state index in [0.717, 1.165) is 57.8 Å². The van der Waals surface area contributed by atoms with Gasteiger partial charge in [-0.2, -0.15) is 0 Å². The Kier molecular flexibility index (Phi) is 50.4. The zero-order valence-electron chi connectivity index (χ0n) is 42.8. The number of aliphatic hydroxyl groups is 1. The van der Waals surface area contributed by atoms with Gasteiger partial charge in [0.2, 0.25) is 0 Å². The second-order valence-corrected chi connectivity index (χ2v) is 19.7. The quantitative estimate of drug-likeness (QED) is 0.0483. The lowest BCUT2D eigenvalue weighted by molar-refractivity contribution is -0.175. The van der Waals surface area contributed by atoms with Crippen molar-refractivity contribution < 1.29 is 29.0 Å². The Morgan fingerprint density at radius 1 is 0.302 bits per heavy atom. The molecule has 0 aliphatic carbocycles. The second kappa shape index (κ2) is 51.6. The highest BCUT2D eigenvalue weighted by atomic mass is 16.6. The van der Waals surface area contributed by atoms with Crippen LogP contribution in [0.15, 0.2) is 0 Å². The van der Waals surface area contributed by atoms with Crippen molar-refractivity contribution in [3.8, 4) is 0 Å². The third-order valence-corrected chi connectivity index (χ3v) is 13.4. The number of carbonyl (C=O) groups is 3. The molecule has 2 atom stereocenters.